The number of piperidine rings is 1. The number of aryl methyl sites for hydroxylation is 2. The van der Waals surface area contributed by atoms with Crippen LogP contribution in [0.3, 0.4) is 0 Å². The number of carboxylic acid groups (broad SMARTS) is 1. The van der Waals surface area contributed by atoms with Gasteiger partial charge in [0.15, 0.2) is 0 Å². The second-order valence-electron chi connectivity index (χ2n) is 9.69. The van der Waals surface area contributed by atoms with Crippen molar-refractivity contribution in [3.63, 3.8) is 0 Å². The molecule has 2 aliphatic rings. The maximum Gasteiger partial charge on any atom is 1.00 e. The summed E-state index contributed by atoms with van der Waals surface area (Å²) in [5.74, 6) is 1.06. The van der Waals surface area contributed by atoms with Crippen molar-refractivity contribution in [2.24, 2.45) is 0 Å². The molecule has 0 radical (unpaired) electrons. The van der Waals surface area contributed by atoms with Gasteiger partial charge in [0.1, 0.15) is 11.6 Å². The van der Waals surface area contributed by atoms with Crippen LogP contribution in [0, 0.1) is 0 Å². The standard InChI is InChI=1S/C28H39N4O3.K/c1-3-23-24(11-4-12-26(23)35-2)25(18-27(33)34)30-22-10-7-17-32(19-22)16-6-9-21-14-13-20-8-5-15-29-28(20)31-21;/h4,11-14,22,25H,3,5-10,15-19H2,1-2H3,(H,29,31)(H,33,34);/q-1;+1/t22-,25?;/m1./s1. The van der Waals surface area contributed by atoms with Crippen LogP contribution in [-0.4, -0.2) is 60.3 Å². The van der Waals surface area contributed by atoms with E-state index in [1.54, 1.807) is 7.11 Å². The number of rotatable bonds is 11. The van der Waals surface area contributed by atoms with Crippen LogP contribution in [-0.2, 0) is 24.1 Å². The molecule has 2 aliphatic heterocycles. The summed E-state index contributed by atoms with van der Waals surface area (Å²) in [7, 11) is 1.66. The van der Waals surface area contributed by atoms with Crippen molar-refractivity contribution < 1.29 is 66.0 Å². The summed E-state index contributed by atoms with van der Waals surface area (Å²) in [6, 6.07) is 10.1. The van der Waals surface area contributed by atoms with Crippen LogP contribution < -0.4 is 61.4 Å². The largest absolute Gasteiger partial charge is 1.00 e. The predicted octanol–water partition coefficient (Wildman–Crippen LogP) is 2.00. The first-order valence-corrected chi connectivity index (χ1v) is 13.1. The quantitative estimate of drug-likeness (QED) is 0.443. The van der Waals surface area contributed by atoms with Crippen LogP contribution in [0.25, 0.3) is 5.32 Å². The molecule has 36 heavy (non-hydrogen) atoms. The van der Waals surface area contributed by atoms with Gasteiger partial charge in [-0.05, 0) is 81.4 Å². The molecule has 2 aromatic rings. The van der Waals surface area contributed by atoms with E-state index in [0.717, 1.165) is 93.1 Å². The fourth-order valence-electron chi connectivity index (χ4n) is 5.47. The zero-order valence-corrected chi connectivity index (χ0v) is 25.3. The molecule has 0 aliphatic carbocycles. The number of ether oxygens (including phenoxy) is 1. The van der Waals surface area contributed by atoms with Crippen molar-refractivity contribution in [2.75, 3.05) is 38.6 Å². The van der Waals surface area contributed by atoms with Crippen molar-refractivity contribution in [1.29, 1.82) is 0 Å². The Morgan fingerprint density at radius 3 is 2.94 bits per heavy atom. The predicted molar refractivity (Wildman–Crippen MR) is 140 cm³/mol. The van der Waals surface area contributed by atoms with Gasteiger partial charge < -0.3 is 25.4 Å². The molecule has 1 unspecified atom stereocenters. The fraction of sp³-hybridized carbons (Fsp3) is 0.571. The SMILES string of the molecule is CCc1c(OC)cccc1C(CC(=O)O)[N-][C@@H]1CCCN(CCCc2ccc3c(n2)NCCC3)C1.[K+]. The normalized spacial score (nSPS) is 18.4. The molecule has 2 atom stereocenters. The third-order valence-electron chi connectivity index (χ3n) is 7.20. The van der Waals surface area contributed by atoms with Gasteiger partial charge in [-0.2, -0.15) is 0 Å². The minimum absolute atomic E-state index is 0. The topological polar surface area (TPSA) is 88.8 Å². The summed E-state index contributed by atoms with van der Waals surface area (Å²) in [5, 5.41) is 18.1. The zero-order chi connectivity index (χ0) is 24.6. The third-order valence-corrected chi connectivity index (χ3v) is 7.20. The molecule has 8 heteroatoms. The Hall–Kier alpha value is -1.00. The Morgan fingerprint density at radius 2 is 2.17 bits per heavy atom. The van der Waals surface area contributed by atoms with Crippen molar-refractivity contribution in [2.45, 2.75) is 70.4 Å². The number of hydrogen-bond donors (Lipinski definition) is 2. The van der Waals surface area contributed by atoms with Crippen molar-refractivity contribution in [3.8, 4) is 5.75 Å². The van der Waals surface area contributed by atoms with Gasteiger partial charge >= 0.3 is 57.4 Å². The number of aromatic nitrogens is 1. The molecule has 0 bridgehead atoms. The molecule has 0 spiro atoms. The van der Waals surface area contributed by atoms with Crippen molar-refractivity contribution in [1.82, 2.24) is 9.88 Å². The summed E-state index contributed by atoms with van der Waals surface area (Å²) >= 11 is 0. The van der Waals surface area contributed by atoms with Crippen molar-refractivity contribution >= 4 is 11.8 Å². The van der Waals surface area contributed by atoms with Gasteiger partial charge in [-0.15, -0.1) is 6.04 Å². The fourth-order valence-corrected chi connectivity index (χ4v) is 5.47. The molecule has 0 saturated carbocycles. The average molecular weight is 519 g/mol. The monoisotopic (exact) mass is 518 g/mol. The molecule has 1 aromatic carbocycles. The van der Waals surface area contributed by atoms with Crippen LogP contribution >= 0.6 is 0 Å². The molecule has 1 fully saturated rings. The van der Waals surface area contributed by atoms with Crippen LogP contribution in [0.1, 0.15) is 67.5 Å². The van der Waals surface area contributed by atoms with Gasteiger partial charge in [0.05, 0.1) is 7.11 Å². The van der Waals surface area contributed by atoms with Crippen LogP contribution in [0.4, 0.5) is 5.82 Å². The first-order chi connectivity index (χ1) is 17.1. The Balaban J connectivity index is 0.00000361. The number of carbonyl (C=O) groups is 1. The van der Waals surface area contributed by atoms with E-state index in [1.165, 1.54) is 12.0 Å². The number of benzene rings is 1. The molecular weight excluding hydrogens is 479 g/mol. The van der Waals surface area contributed by atoms with E-state index in [0.29, 0.717) is 0 Å². The Morgan fingerprint density at radius 1 is 1.31 bits per heavy atom. The first-order valence-electron chi connectivity index (χ1n) is 13.1. The summed E-state index contributed by atoms with van der Waals surface area (Å²) in [6.45, 7) is 6.07. The number of nitrogens with one attached hydrogen (secondary N) is 1. The van der Waals surface area contributed by atoms with Gasteiger partial charge in [0, 0.05) is 18.7 Å². The van der Waals surface area contributed by atoms with E-state index in [4.69, 9.17) is 15.0 Å². The molecule has 0 amide bonds. The molecule has 2 N–H and O–H groups in total. The zero-order valence-electron chi connectivity index (χ0n) is 22.1. The molecular formula is C28H39KN4O3. The average Bonchev–Trinajstić information content (AvgIpc) is 2.87. The van der Waals surface area contributed by atoms with E-state index < -0.39 is 5.97 Å². The minimum Gasteiger partial charge on any atom is -0.651 e. The van der Waals surface area contributed by atoms with Gasteiger partial charge in [0.25, 0.3) is 0 Å². The molecule has 4 rings (SSSR count). The van der Waals surface area contributed by atoms with E-state index in [1.807, 2.05) is 18.2 Å². The summed E-state index contributed by atoms with van der Waals surface area (Å²) in [4.78, 5) is 19.0. The Bertz CT molecular complexity index is 1000. The van der Waals surface area contributed by atoms with E-state index in [9.17, 15) is 9.90 Å². The van der Waals surface area contributed by atoms with Gasteiger partial charge in [0.2, 0.25) is 0 Å². The summed E-state index contributed by atoms with van der Waals surface area (Å²) in [5.41, 5.74) is 4.53. The summed E-state index contributed by atoms with van der Waals surface area (Å²) in [6.07, 6.45) is 7.23. The number of pyridine rings is 1. The van der Waals surface area contributed by atoms with Gasteiger partial charge in [-0.1, -0.05) is 43.1 Å². The maximum atomic E-state index is 11.7. The summed E-state index contributed by atoms with van der Waals surface area (Å²) < 4.78 is 5.54. The van der Waals surface area contributed by atoms with Gasteiger partial charge in [-0.25, -0.2) is 4.98 Å². The molecule has 190 valence electrons. The maximum absolute atomic E-state index is 11.7. The second kappa shape index (κ2) is 14.8. The van der Waals surface area contributed by atoms with E-state index in [-0.39, 0.29) is 69.9 Å². The molecule has 1 aromatic heterocycles. The number of anilines is 1. The number of fused-ring (bicyclic) bond motifs is 1. The Kier molecular flexibility index (Phi) is 12.2. The Labute approximate surface area is 258 Å². The molecule has 7 nitrogen and oxygen atoms in total. The number of methoxy groups -OCH3 is 1. The number of carboxylic acids is 1. The first kappa shape index (κ1) is 29.6. The molecule has 3 heterocycles. The van der Waals surface area contributed by atoms with E-state index >= 15 is 0 Å². The third kappa shape index (κ3) is 8.00. The van der Waals surface area contributed by atoms with Crippen molar-refractivity contribution in [3.05, 3.63) is 58.0 Å². The van der Waals surface area contributed by atoms with Crippen LogP contribution in [0.2, 0.25) is 0 Å². The number of nitrogens with zero attached hydrogens (tertiary/aromatic N) is 3. The number of hydrogen-bond acceptors (Lipinski definition) is 5. The van der Waals surface area contributed by atoms with E-state index in [2.05, 4.69) is 29.3 Å². The second-order valence-corrected chi connectivity index (χ2v) is 9.69. The number of likely N-dealkylation sites (tertiary alicyclic amines) is 1. The number of aliphatic carboxylic acids is 1. The van der Waals surface area contributed by atoms with Crippen LogP contribution in [0.5, 0.6) is 5.75 Å². The molecule has 1 saturated heterocycles. The minimum atomic E-state index is -0.816. The van der Waals surface area contributed by atoms with Gasteiger partial charge in [-0.3, -0.25) is 4.79 Å². The van der Waals surface area contributed by atoms with Crippen LogP contribution in [0.15, 0.2) is 30.3 Å². The smallest absolute Gasteiger partial charge is 0.651 e.